The molecule has 0 radical (unpaired) electrons. The molecule has 10 heteroatoms. The summed E-state index contributed by atoms with van der Waals surface area (Å²) in [6, 6.07) is 2.55. The molecule has 0 spiro atoms. The summed E-state index contributed by atoms with van der Waals surface area (Å²) in [5.41, 5.74) is 0.487. The van der Waals surface area contributed by atoms with Gasteiger partial charge in [-0.2, -0.15) is 13.2 Å². The highest BCUT2D eigenvalue weighted by Crippen LogP contribution is 2.48. The molecule has 2 aromatic rings. The molecule has 28 heavy (non-hydrogen) atoms. The number of benzene rings is 1. The Morgan fingerprint density at radius 1 is 1.29 bits per heavy atom. The van der Waals surface area contributed by atoms with E-state index >= 15 is 0 Å². The maximum atomic E-state index is 13.8. The number of aromatic nitrogens is 2. The average molecular weight is 401 g/mol. The van der Waals surface area contributed by atoms with Gasteiger partial charge in [0.2, 0.25) is 11.8 Å². The maximum absolute atomic E-state index is 13.8. The fourth-order valence-electron chi connectivity index (χ4n) is 2.80. The Bertz CT molecular complexity index is 857. The van der Waals surface area contributed by atoms with Gasteiger partial charge in [0.1, 0.15) is 11.6 Å². The van der Waals surface area contributed by atoms with Gasteiger partial charge in [-0.1, -0.05) is 0 Å². The van der Waals surface area contributed by atoms with E-state index in [4.69, 9.17) is 0 Å². The topological polar surface area (TPSA) is 64.1 Å². The molecule has 1 saturated carbocycles. The lowest BCUT2D eigenvalue weighted by atomic mass is 10.1. The van der Waals surface area contributed by atoms with Crippen molar-refractivity contribution in [2.24, 2.45) is 5.92 Å². The molecule has 1 aromatic carbocycles. The highest BCUT2D eigenvalue weighted by molar-refractivity contribution is 5.83. The number of nitrogens with one attached hydrogen (secondary N) is 1. The fraction of sp³-hybridized carbons (Fsp3) is 0.389. The largest absolute Gasteiger partial charge is 0.467 e. The number of nitrogens with zero attached hydrogens (tertiary/aromatic N) is 2. The second kappa shape index (κ2) is 7.69. The summed E-state index contributed by atoms with van der Waals surface area (Å²) in [6.45, 7) is 0.144. The Morgan fingerprint density at radius 3 is 2.68 bits per heavy atom. The van der Waals surface area contributed by atoms with Crippen LogP contribution in [0.1, 0.15) is 36.6 Å². The van der Waals surface area contributed by atoms with Crippen molar-refractivity contribution in [2.45, 2.75) is 31.5 Å². The lowest BCUT2D eigenvalue weighted by Crippen LogP contribution is -2.29. The van der Waals surface area contributed by atoms with Crippen LogP contribution in [0.2, 0.25) is 0 Å². The molecular weight excluding hydrogens is 385 g/mol. The van der Waals surface area contributed by atoms with Gasteiger partial charge in [-0.15, -0.1) is 0 Å². The quantitative estimate of drug-likeness (QED) is 0.751. The normalized spacial score (nSPS) is 19.8. The van der Waals surface area contributed by atoms with Crippen molar-refractivity contribution < 1.29 is 31.5 Å². The van der Waals surface area contributed by atoms with Gasteiger partial charge in [-0.05, 0) is 43.0 Å². The van der Waals surface area contributed by atoms with E-state index in [0.717, 1.165) is 24.4 Å². The first-order valence-corrected chi connectivity index (χ1v) is 8.41. The molecule has 1 heterocycles. The van der Waals surface area contributed by atoms with E-state index < -0.39 is 42.3 Å². The third-order valence-electron chi connectivity index (χ3n) is 4.32. The number of amides is 1. The molecule has 150 valence electrons. The second-order valence-corrected chi connectivity index (χ2v) is 6.53. The highest BCUT2D eigenvalue weighted by atomic mass is 19.4. The van der Waals surface area contributed by atoms with Crippen LogP contribution in [0.25, 0.3) is 0 Å². The van der Waals surface area contributed by atoms with Crippen molar-refractivity contribution in [1.29, 1.82) is 0 Å². The molecule has 3 atom stereocenters. The van der Waals surface area contributed by atoms with E-state index in [9.17, 15) is 26.7 Å². The Balaban J connectivity index is 1.55. The minimum atomic E-state index is -4.48. The zero-order valence-electron chi connectivity index (χ0n) is 14.6. The smallest absolute Gasteiger partial charge is 0.422 e. The van der Waals surface area contributed by atoms with Gasteiger partial charge in [-0.3, -0.25) is 9.78 Å². The number of carbonyl (C=O) groups excluding carboxylic acids is 1. The zero-order chi connectivity index (χ0) is 20.5. The van der Waals surface area contributed by atoms with E-state index in [1.165, 1.54) is 6.20 Å². The fourth-order valence-corrected chi connectivity index (χ4v) is 2.80. The van der Waals surface area contributed by atoms with Gasteiger partial charge in [0.05, 0.1) is 24.1 Å². The third kappa shape index (κ3) is 4.93. The summed E-state index contributed by atoms with van der Waals surface area (Å²) in [7, 11) is 0. The average Bonchev–Trinajstić information content (AvgIpc) is 3.42. The Morgan fingerprint density at radius 2 is 2.04 bits per heavy atom. The van der Waals surface area contributed by atoms with Crippen molar-refractivity contribution in [3.8, 4) is 5.88 Å². The predicted octanol–water partition coefficient (Wildman–Crippen LogP) is 3.68. The van der Waals surface area contributed by atoms with Crippen LogP contribution < -0.4 is 10.1 Å². The number of halogens is 5. The number of rotatable bonds is 6. The van der Waals surface area contributed by atoms with Gasteiger partial charge < -0.3 is 10.1 Å². The standard InChI is InChI=1S/C18H16F5N3O2/c1-9(15-6-25-16(7-24-15)28-8-18(21,22)23)26-17(27)13-5-11(13)12-4-10(19)2-3-14(12)20/h2-4,6-7,9,11,13H,5,8H2,1H3,(H,26,27). The molecule has 1 aromatic heterocycles. The number of hydrogen-bond acceptors (Lipinski definition) is 4. The summed E-state index contributed by atoms with van der Waals surface area (Å²) >= 11 is 0. The number of carbonyl (C=O) groups is 1. The van der Waals surface area contributed by atoms with E-state index in [1.807, 2.05) is 0 Å². The number of ether oxygens (including phenoxy) is 1. The molecule has 1 aliphatic carbocycles. The summed E-state index contributed by atoms with van der Waals surface area (Å²) < 4.78 is 67.9. The molecule has 5 nitrogen and oxygen atoms in total. The van der Waals surface area contributed by atoms with Crippen molar-refractivity contribution in [3.05, 3.63) is 53.5 Å². The van der Waals surface area contributed by atoms with Crippen molar-refractivity contribution in [3.63, 3.8) is 0 Å². The Hall–Kier alpha value is -2.78. The lowest BCUT2D eigenvalue weighted by Gasteiger charge is -2.14. The lowest BCUT2D eigenvalue weighted by molar-refractivity contribution is -0.154. The molecule has 1 fully saturated rings. The van der Waals surface area contributed by atoms with Crippen LogP contribution in [0.4, 0.5) is 22.0 Å². The van der Waals surface area contributed by atoms with Crippen LogP contribution in [0, 0.1) is 17.6 Å². The second-order valence-electron chi connectivity index (χ2n) is 6.53. The minimum Gasteiger partial charge on any atom is -0.467 e. The van der Waals surface area contributed by atoms with Crippen LogP contribution in [0.3, 0.4) is 0 Å². The van der Waals surface area contributed by atoms with Gasteiger partial charge in [0, 0.05) is 5.92 Å². The highest BCUT2D eigenvalue weighted by Gasteiger charge is 2.45. The van der Waals surface area contributed by atoms with Crippen LogP contribution in [-0.4, -0.2) is 28.7 Å². The van der Waals surface area contributed by atoms with Crippen LogP contribution >= 0.6 is 0 Å². The summed E-state index contributed by atoms with van der Waals surface area (Å²) in [5.74, 6) is -2.65. The van der Waals surface area contributed by atoms with E-state index in [-0.39, 0.29) is 17.4 Å². The van der Waals surface area contributed by atoms with E-state index in [2.05, 4.69) is 20.0 Å². The first kappa shape index (κ1) is 20.0. The summed E-state index contributed by atoms with van der Waals surface area (Å²) in [4.78, 5) is 20.0. The van der Waals surface area contributed by atoms with Crippen LogP contribution in [-0.2, 0) is 4.79 Å². The number of hydrogen-bond donors (Lipinski definition) is 1. The van der Waals surface area contributed by atoms with Crippen molar-refractivity contribution >= 4 is 5.91 Å². The molecule has 0 aliphatic heterocycles. The monoisotopic (exact) mass is 401 g/mol. The summed E-state index contributed by atoms with van der Waals surface area (Å²) in [5, 5.41) is 2.69. The first-order valence-electron chi connectivity index (χ1n) is 8.41. The van der Waals surface area contributed by atoms with Crippen molar-refractivity contribution in [1.82, 2.24) is 15.3 Å². The first-order chi connectivity index (χ1) is 13.1. The molecule has 0 bridgehead atoms. The molecule has 1 N–H and O–H groups in total. The van der Waals surface area contributed by atoms with Gasteiger partial charge in [0.25, 0.3) is 0 Å². The van der Waals surface area contributed by atoms with Gasteiger partial charge >= 0.3 is 6.18 Å². The number of alkyl halides is 3. The Kier molecular flexibility index (Phi) is 5.48. The molecule has 1 amide bonds. The van der Waals surface area contributed by atoms with E-state index in [0.29, 0.717) is 12.1 Å². The predicted molar refractivity (Wildman–Crippen MR) is 87.3 cm³/mol. The maximum Gasteiger partial charge on any atom is 0.422 e. The minimum absolute atomic E-state index is 0.166. The zero-order valence-corrected chi connectivity index (χ0v) is 14.6. The van der Waals surface area contributed by atoms with Crippen molar-refractivity contribution in [2.75, 3.05) is 6.61 Å². The van der Waals surface area contributed by atoms with Gasteiger partial charge in [0.15, 0.2) is 6.61 Å². The molecular formula is C18H16F5N3O2. The van der Waals surface area contributed by atoms with Crippen LogP contribution in [0.5, 0.6) is 5.88 Å². The third-order valence-corrected chi connectivity index (χ3v) is 4.32. The van der Waals surface area contributed by atoms with Gasteiger partial charge in [-0.25, -0.2) is 13.8 Å². The molecule has 3 unspecified atom stereocenters. The SMILES string of the molecule is CC(NC(=O)C1CC1c1cc(F)ccc1F)c1cnc(OCC(F)(F)F)cn1. The van der Waals surface area contributed by atoms with Crippen LogP contribution in [0.15, 0.2) is 30.6 Å². The summed E-state index contributed by atoms with van der Waals surface area (Å²) in [6.07, 6.45) is -1.85. The molecule has 0 saturated heterocycles. The van der Waals surface area contributed by atoms with E-state index in [1.54, 1.807) is 6.92 Å². The molecule has 1 aliphatic rings. The molecule has 3 rings (SSSR count). The Labute approximate surface area is 156 Å².